The lowest BCUT2D eigenvalue weighted by atomic mass is 9.80. The average molecular weight is 840 g/mol. The zero-order chi connectivity index (χ0) is 42.6. The molecule has 1 aliphatic rings. The number of imidazole rings is 1. The second kappa shape index (κ2) is 17.4. The van der Waals surface area contributed by atoms with E-state index < -0.39 is 48.3 Å². The molecule has 2 N–H and O–H groups in total. The van der Waals surface area contributed by atoms with Crippen LogP contribution in [0.3, 0.4) is 0 Å². The number of hydrogen-bond donors (Lipinski definition) is 2. The number of fused-ring (bicyclic) bond motifs is 1. The molecule has 4 aromatic carbocycles. The number of phosphoric ester groups is 1. The molecule has 3 heterocycles. The van der Waals surface area contributed by atoms with Crippen LogP contribution < -0.4 is 29.8 Å². The maximum atomic E-state index is 13.6. The number of nitrogens with zero attached hydrogens (tertiary/aromatic N) is 4. The zero-order valence-electron chi connectivity index (χ0n) is 32.8. The molecule has 2 aromatic heterocycles. The summed E-state index contributed by atoms with van der Waals surface area (Å²) in [6.07, 6.45) is -2.24. The van der Waals surface area contributed by atoms with Crippen LogP contribution in [0, 0.1) is 16.0 Å². The molecule has 60 heavy (non-hydrogen) atoms. The van der Waals surface area contributed by atoms with Gasteiger partial charge in [-0.2, -0.15) is 4.98 Å². The molecule has 18 nitrogen and oxygen atoms in total. The number of aromatic amines is 1. The Labute approximate surface area is 342 Å². The number of benzene rings is 4. The number of nitrogens with one attached hydrogen (secondary N) is 2. The Bertz CT molecular complexity index is 2520. The minimum absolute atomic E-state index is 0.0469. The number of carbonyl (C=O) groups excluding carboxylic acids is 1. The van der Waals surface area contributed by atoms with Gasteiger partial charge in [0.25, 0.3) is 11.2 Å². The molecule has 1 unspecified atom stereocenters. The highest BCUT2D eigenvalue weighted by molar-refractivity contribution is 7.46. The van der Waals surface area contributed by atoms with E-state index in [1.54, 1.807) is 52.3 Å². The Morgan fingerprint density at radius 3 is 2.10 bits per heavy atom. The first-order valence-electron chi connectivity index (χ1n) is 18.7. The van der Waals surface area contributed by atoms with Crippen LogP contribution in [0.5, 0.6) is 17.2 Å². The highest BCUT2D eigenvalue weighted by Gasteiger charge is 2.44. The molecular weight excluding hydrogens is 799 g/mol. The van der Waals surface area contributed by atoms with E-state index in [1.807, 2.05) is 54.6 Å². The molecule has 1 saturated heterocycles. The number of methoxy groups -OCH3 is 2. The largest absolute Gasteiger partial charge is 0.746 e. The van der Waals surface area contributed by atoms with Crippen LogP contribution >= 0.6 is 7.82 Å². The van der Waals surface area contributed by atoms with Crippen molar-refractivity contribution in [2.45, 2.75) is 44.3 Å². The molecule has 1 aliphatic heterocycles. The van der Waals surface area contributed by atoms with Crippen molar-refractivity contribution in [3.05, 3.63) is 147 Å². The second-order valence-corrected chi connectivity index (χ2v) is 15.3. The molecule has 0 spiro atoms. The van der Waals surface area contributed by atoms with Crippen molar-refractivity contribution >= 4 is 36.5 Å². The Hall–Kier alpha value is -6.43. The number of hydrogen-bond acceptors (Lipinski definition) is 14. The number of aromatic nitrogens is 4. The van der Waals surface area contributed by atoms with Gasteiger partial charge < -0.3 is 32.9 Å². The summed E-state index contributed by atoms with van der Waals surface area (Å²) in [5, 5.41) is 13.8. The molecule has 0 bridgehead atoms. The minimum Gasteiger partial charge on any atom is -0.746 e. The van der Waals surface area contributed by atoms with Crippen molar-refractivity contribution in [3.63, 3.8) is 0 Å². The number of amides is 1. The number of non-ortho nitro benzene ring substituents is 1. The van der Waals surface area contributed by atoms with Crippen LogP contribution in [0.15, 0.2) is 114 Å². The number of carbonyl (C=O) groups is 1. The fourth-order valence-corrected chi connectivity index (χ4v) is 7.79. The standard InChI is InChI=1S/C41H41N6O12P/c1-25(2)38(48)44-40-43-37-36(39(49)45-40)42-24-46(37)35-22-33(59-60(52,53)58-32-20-14-29(15-21-32)47(50)51)34(57-35)23-56-41(26-8-6-5-7-9-26,27-10-16-30(54-3)17-11-27)28-12-18-31(55-4)19-13-28/h5-21,24-25,33-35H,22-23H2,1-4H3,(H,52,53)(H2,43,44,45,48,49)/p-1/t33-,34+,35+/m0/s1. The summed E-state index contributed by atoms with van der Waals surface area (Å²) in [5.41, 5.74) is -0.121. The summed E-state index contributed by atoms with van der Waals surface area (Å²) in [6.45, 7) is 3.09. The minimum atomic E-state index is -5.22. The average Bonchev–Trinajstić information content (AvgIpc) is 3.85. The third-order valence-electron chi connectivity index (χ3n) is 9.86. The van der Waals surface area contributed by atoms with E-state index in [2.05, 4.69) is 20.3 Å². The van der Waals surface area contributed by atoms with Crippen LogP contribution in [0.2, 0.25) is 0 Å². The quantitative estimate of drug-likeness (QED) is 0.0503. The lowest BCUT2D eigenvalue weighted by Crippen LogP contribution is -2.38. The number of nitro benzene ring substituents is 1. The van der Waals surface area contributed by atoms with Gasteiger partial charge in [0.1, 0.15) is 35.2 Å². The maximum Gasteiger partial charge on any atom is 0.320 e. The van der Waals surface area contributed by atoms with E-state index in [0.717, 1.165) is 29.8 Å². The Morgan fingerprint density at radius 1 is 0.950 bits per heavy atom. The SMILES string of the molecule is COc1ccc(C(OC[C@H]2O[C@@H](n3cnc4c(=O)[nH]c(NC(=O)C(C)C)nc43)C[C@@H]2OP(=O)([O-])Oc2ccc([N+](=O)[O-])cc2)(c2ccccc2)c2ccc(OC)cc2)cc1. The Kier molecular flexibility index (Phi) is 12.1. The van der Waals surface area contributed by atoms with E-state index >= 15 is 0 Å². The Morgan fingerprint density at radius 2 is 1.53 bits per heavy atom. The van der Waals surface area contributed by atoms with Crippen molar-refractivity contribution < 1.29 is 47.2 Å². The van der Waals surface area contributed by atoms with Crippen molar-refractivity contribution in [3.8, 4) is 17.2 Å². The maximum absolute atomic E-state index is 13.6. The van der Waals surface area contributed by atoms with Gasteiger partial charge in [-0.1, -0.05) is 68.4 Å². The zero-order valence-corrected chi connectivity index (χ0v) is 33.6. The predicted octanol–water partition coefficient (Wildman–Crippen LogP) is 5.87. The first-order chi connectivity index (χ1) is 28.8. The number of anilines is 1. The van der Waals surface area contributed by atoms with Crippen molar-refractivity contribution in [1.82, 2.24) is 19.5 Å². The smallest absolute Gasteiger partial charge is 0.320 e. The molecule has 7 rings (SSSR count). The Balaban J connectivity index is 1.28. The highest BCUT2D eigenvalue weighted by Crippen LogP contribution is 2.47. The number of H-pyrrole nitrogens is 1. The van der Waals surface area contributed by atoms with Gasteiger partial charge in [-0.05, 0) is 53.1 Å². The molecule has 1 amide bonds. The lowest BCUT2D eigenvalue weighted by molar-refractivity contribution is -0.384. The van der Waals surface area contributed by atoms with Crippen LogP contribution in [0.1, 0.15) is 43.2 Å². The summed E-state index contributed by atoms with van der Waals surface area (Å²) < 4.78 is 50.5. The van der Waals surface area contributed by atoms with Gasteiger partial charge in [0.15, 0.2) is 11.2 Å². The van der Waals surface area contributed by atoms with Gasteiger partial charge in [-0.15, -0.1) is 0 Å². The topological polar surface area (TPSA) is 231 Å². The van der Waals surface area contributed by atoms with Crippen molar-refractivity contribution in [1.29, 1.82) is 0 Å². The van der Waals surface area contributed by atoms with E-state index in [1.165, 1.54) is 10.9 Å². The molecular formula is C41H40N6O12P-. The molecule has 0 aliphatic carbocycles. The normalized spacial score (nSPS) is 17.6. The van der Waals surface area contributed by atoms with Gasteiger partial charge in [0.2, 0.25) is 11.9 Å². The first-order valence-corrected chi connectivity index (χ1v) is 20.1. The predicted molar refractivity (Wildman–Crippen MR) is 215 cm³/mol. The van der Waals surface area contributed by atoms with E-state index in [4.69, 9.17) is 28.0 Å². The molecule has 1 fully saturated rings. The summed E-state index contributed by atoms with van der Waals surface area (Å²) in [7, 11) is -2.09. The molecule has 6 aromatic rings. The number of nitro groups is 1. The molecule has 19 heteroatoms. The first kappa shape index (κ1) is 41.7. The van der Waals surface area contributed by atoms with Crippen molar-refractivity contribution in [2.24, 2.45) is 5.92 Å². The van der Waals surface area contributed by atoms with Gasteiger partial charge in [-0.25, -0.2) is 4.98 Å². The molecule has 0 saturated carbocycles. The molecule has 4 atom stereocenters. The second-order valence-electron chi connectivity index (χ2n) is 14.0. The lowest BCUT2D eigenvalue weighted by Gasteiger charge is -2.37. The van der Waals surface area contributed by atoms with Gasteiger partial charge >= 0.3 is 7.82 Å². The number of phosphoric acid groups is 1. The van der Waals surface area contributed by atoms with Crippen LogP contribution in [-0.2, 0) is 29.0 Å². The van der Waals surface area contributed by atoms with Crippen molar-refractivity contribution in [2.75, 3.05) is 26.1 Å². The summed E-state index contributed by atoms with van der Waals surface area (Å²) in [6, 6.07) is 28.5. The number of ether oxygens (including phenoxy) is 4. The summed E-state index contributed by atoms with van der Waals surface area (Å²) in [4.78, 5) is 60.9. The fourth-order valence-electron chi connectivity index (χ4n) is 6.82. The third-order valence-corrected chi connectivity index (χ3v) is 10.8. The van der Waals surface area contributed by atoms with Gasteiger partial charge in [0.05, 0.1) is 38.2 Å². The van der Waals surface area contributed by atoms with Gasteiger partial charge in [-0.3, -0.25) is 39.1 Å². The van der Waals surface area contributed by atoms with Crippen LogP contribution in [-0.4, -0.2) is 63.4 Å². The van der Waals surface area contributed by atoms with E-state index in [0.29, 0.717) is 22.6 Å². The molecule has 0 radical (unpaired) electrons. The fraction of sp³-hybridized carbons (Fsp3) is 0.268. The highest BCUT2D eigenvalue weighted by atomic mass is 31.2. The monoisotopic (exact) mass is 839 g/mol. The van der Waals surface area contributed by atoms with Gasteiger partial charge in [0, 0.05) is 24.5 Å². The molecule has 312 valence electrons. The summed E-state index contributed by atoms with van der Waals surface area (Å²) in [5.74, 6) is 0.0768. The van der Waals surface area contributed by atoms with E-state index in [9.17, 15) is 29.2 Å². The summed E-state index contributed by atoms with van der Waals surface area (Å²) >= 11 is 0. The van der Waals surface area contributed by atoms with E-state index in [-0.39, 0.29) is 47.5 Å². The third kappa shape index (κ3) is 8.78. The van der Waals surface area contributed by atoms with Crippen LogP contribution in [0.25, 0.3) is 11.2 Å². The van der Waals surface area contributed by atoms with Crippen LogP contribution in [0.4, 0.5) is 11.6 Å². The number of rotatable bonds is 16.